The van der Waals surface area contributed by atoms with Crippen LogP contribution in [0.25, 0.3) is 0 Å². The van der Waals surface area contributed by atoms with Crippen LogP contribution < -0.4 is 15.8 Å². The van der Waals surface area contributed by atoms with Crippen LogP contribution in [0.4, 0.5) is 0 Å². The number of hydrogen-bond donors (Lipinski definition) is 2. The Bertz CT molecular complexity index is 806. The Balaban J connectivity index is 1.70. The molecule has 1 atom stereocenters. The molecule has 136 valence electrons. The molecule has 3 rings (SSSR count). The van der Waals surface area contributed by atoms with Crippen LogP contribution in [0.5, 0.6) is 5.75 Å². The molecule has 1 fully saturated rings. The average molecular weight is 353 g/mol. The first-order valence-corrected chi connectivity index (χ1v) is 8.68. The molecule has 0 saturated carbocycles. The molecule has 1 aliphatic rings. The van der Waals surface area contributed by atoms with Gasteiger partial charge in [-0.1, -0.05) is 24.3 Å². The van der Waals surface area contributed by atoms with Crippen molar-refractivity contribution >= 4 is 11.8 Å². The van der Waals surface area contributed by atoms with E-state index in [9.17, 15) is 9.59 Å². The summed E-state index contributed by atoms with van der Waals surface area (Å²) in [5.74, 6) is -0.0669. The van der Waals surface area contributed by atoms with E-state index >= 15 is 0 Å². The van der Waals surface area contributed by atoms with Crippen LogP contribution in [0.1, 0.15) is 33.2 Å². The number of ether oxygens (including phenoxy) is 1. The third kappa shape index (κ3) is 4.21. The van der Waals surface area contributed by atoms with Crippen molar-refractivity contribution in [3.63, 3.8) is 0 Å². The highest BCUT2D eigenvalue weighted by atomic mass is 16.5. The van der Waals surface area contributed by atoms with Gasteiger partial charge in [0.25, 0.3) is 11.8 Å². The van der Waals surface area contributed by atoms with Crippen LogP contribution in [-0.4, -0.2) is 42.4 Å². The normalized spacial score (nSPS) is 17.0. The van der Waals surface area contributed by atoms with Crippen molar-refractivity contribution in [3.8, 4) is 5.75 Å². The van der Waals surface area contributed by atoms with Crippen LogP contribution in [0.2, 0.25) is 0 Å². The zero-order valence-electron chi connectivity index (χ0n) is 14.8. The lowest BCUT2D eigenvalue weighted by Crippen LogP contribution is -2.51. The van der Waals surface area contributed by atoms with Crippen LogP contribution in [0.15, 0.2) is 48.5 Å². The molecule has 1 aliphatic heterocycles. The quantitative estimate of drug-likeness (QED) is 0.858. The number of amides is 2. The van der Waals surface area contributed by atoms with Crippen molar-refractivity contribution in [1.29, 1.82) is 0 Å². The summed E-state index contributed by atoms with van der Waals surface area (Å²) >= 11 is 0. The molecule has 26 heavy (non-hydrogen) atoms. The van der Waals surface area contributed by atoms with E-state index in [0.29, 0.717) is 36.0 Å². The fourth-order valence-electron chi connectivity index (χ4n) is 3.05. The molecule has 0 spiro atoms. The van der Waals surface area contributed by atoms with Gasteiger partial charge >= 0.3 is 0 Å². The first kappa shape index (κ1) is 17.9. The van der Waals surface area contributed by atoms with Gasteiger partial charge in [-0.15, -0.1) is 0 Å². The Hall–Kier alpha value is -2.86. The molecule has 2 amide bonds. The number of benzene rings is 2. The van der Waals surface area contributed by atoms with Gasteiger partial charge in [0.05, 0.1) is 5.56 Å². The number of primary amides is 1. The van der Waals surface area contributed by atoms with Crippen LogP contribution in [-0.2, 0) is 6.61 Å². The van der Waals surface area contributed by atoms with E-state index in [1.807, 2.05) is 29.2 Å². The van der Waals surface area contributed by atoms with Crippen LogP contribution in [0.3, 0.4) is 0 Å². The first-order chi connectivity index (χ1) is 12.5. The fraction of sp³-hybridized carbons (Fsp3) is 0.300. The smallest absolute Gasteiger partial charge is 0.253 e. The van der Waals surface area contributed by atoms with Crippen LogP contribution in [0, 0.1) is 0 Å². The topological polar surface area (TPSA) is 84.7 Å². The fourth-order valence-corrected chi connectivity index (χ4v) is 3.05. The zero-order chi connectivity index (χ0) is 18.5. The second kappa shape index (κ2) is 8.01. The lowest BCUT2D eigenvalue weighted by atomic mass is 10.1. The van der Waals surface area contributed by atoms with Crippen molar-refractivity contribution in [1.82, 2.24) is 10.2 Å². The van der Waals surface area contributed by atoms with E-state index in [1.54, 1.807) is 24.3 Å². The predicted octanol–water partition coefficient (Wildman–Crippen LogP) is 1.80. The first-order valence-electron chi connectivity index (χ1n) is 8.68. The molecule has 2 aromatic rings. The summed E-state index contributed by atoms with van der Waals surface area (Å²) < 4.78 is 5.75. The maximum atomic E-state index is 12.7. The van der Waals surface area contributed by atoms with Crippen molar-refractivity contribution in [2.45, 2.75) is 19.6 Å². The summed E-state index contributed by atoms with van der Waals surface area (Å²) in [5.41, 5.74) is 7.21. The molecule has 3 N–H and O–H groups in total. The molecule has 0 aromatic heterocycles. The Kier molecular flexibility index (Phi) is 5.53. The maximum Gasteiger partial charge on any atom is 0.253 e. The number of piperazine rings is 1. The van der Waals surface area contributed by atoms with Gasteiger partial charge < -0.3 is 20.7 Å². The van der Waals surface area contributed by atoms with Gasteiger partial charge in [0.15, 0.2) is 0 Å². The number of nitrogens with one attached hydrogen (secondary N) is 1. The number of para-hydroxylation sites is 1. The minimum atomic E-state index is -0.530. The predicted molar refractivity (Wildman–Crippen MR) is 99.1 cm³/mol. The van der Waals surface area contributed by atoms with Gasteiger partial charge in [-0.25, -0.2) is 0 Å². The third-order valence-electron chi connectivity index (χ3n) is 4.38. The molecule has 2 aromatic carbocycles. The van der Waals surface area contributed by atoms with E-state index in [-0.39, 0.29) is 12.5 Å². The molecule has 1 heterocycles. The minimum absolute atomic E-state index is 0.0257. The highest BCUT2D eigenvalue weighted by Crippen LogP contribution is 2.19. The second-order valence-electron chi connectivity index (χ2n) is 6.46. The van der Waals surface area contributed by atoms with E-state index in [2.05, 4.69) is 12.2 Å². The number of nitrogens with zero attached hydrogens (tertiary/aromatic N) is 1. The zero-order valence-corrected chi connectivity index (χ0v) is 14.8. The Morgan fingerprint density at radius 3 is 2.81 bits per heavy atom. The molecule has 0 unspecified atom stereocenters. The van der Waals surface area contributed by atoms with Gasteiger partial charge in [0.1, 0.15) is 12.4 Å². The Morgan fingerprint density at radius 2 is 2.04 bits per heavy atom. The molecule has 0 aliphatic carbocycles. The summed E-state index contributed by atoms with van der Waals surface area (Å²) in [6.07, 6.45) is 0. The molecule has 0 bridgehead atoms. The van der Waals surface area contributed by atoms with Crippen molar-refractivity contribution in [3.05, 3.63) is 65.2 Å². The Labute approximate surface area is 152 Å². The highest BCUT2D eigenvalue weighted by Gasteiger charge is 2.21. The van der Waals surface area contributed by atoms with Gasteiger partial charge in [-0.3, -0.25) is 9.59 Å². The van der Waals surface area contributed by atoms with Crippen molar-refractivity contribution in [2.24, 2.45) is 5.73 Å². The average Bonchev–Trinajstić information content (AvgIpc) is 2.66. The SMILES string of the molecule is C[C@H]1CN(C(=O)c2cccc(COc3ccccc3C(N)=O)c2)CCN1. The lowest BCUT2D eigenvalue weighted by molar-refractivity contribution is 0.0708. The van der Waals surface area contributed by atoms with Gasteiger partial charge in [0, 0.05) is 31.2 Å². The Morgan fingerprint density at radius 1 is 1.23 bits per heavy atom. The summed E-state index contributed by atoms with van der Waals surface area (Å²) in [4.78, 5) is 26.0. The van der Waals surface area contributed by atoms with Crippen molar-refractivity contribution < 1.29 is 14.3 Å². The van der Waals surface area contributed by atoms with E-state index in [0.717, 1.165) is 12.1 Å². The van der Waals surface area contributed by atoms with Crippen LogP contribution >= 0.6 is 0 Å². The molecule has 0 radical (unpaired) electrons. The summed E-state index contributed by atoms with van der Waals surface area (Å²) in [6.45, 7) is 4.53. The number of rotatable bonds is 5. The highest BCUT2D eigenvalue weighted by molar-refractivity contribution is 5.95. The maximum absolute atomic E-state index is 12.7. The number of carbonyl (C=O) groups excluding carboxylic acids is 2. The van der Waals surface area contributed by atoms with Gasteiger partial charge in [-0.2, -0.15) is 0 Å². The molecule has 6 heteroatoms. The number of carbonyl (C=O) groups is 2. The van der Waals surface area contributed by atoms with E-state index in [1.165, 1.54) is 0 Å². The number of nitrogens with two attached hydrogens (primary N) is 1. The lowest BCUT2D eigenvalue weighted by Gasteiger charge is -2.32. The third-order valence-corrected chi connectivity index (χ3v) is 4.38. The summed E-state index contributed by atoms with van der Waals surface area (Å²) in [5, 5.41) is 3.33. The monoisotopic (exact) mass is 353 g/mol. The standard InChI is InChI=1S/C20H23N3O3/c1-14-12-23(10-9-22-14)20(25)16-6-4-5-15(11-16)13-26-18-8-3-2-7-17(18)19(21)24/h2-8,11,14,22H,9-10,12-13H2,1H3,(H2,21,24)/t14-/m0/s1. The number of hydrogen-bond acceptors (Lipinski definition) is 4. The molecule has 6 nitrogen and oxygen atoms in total. The molecule has 1 saturated heterocycles. The largest absolute Gasteiger partial charge is 0.488 e. The summed E-state index contributed by atoms with van der Waals surface area (Å²) in [7, 11) is 0. The van der Waals surface area contributed by atoms with E-state index in [4.69, 9.17) is 10.5 Å². The van der Waals surface area contributed by atoms with E-state index < -0.39 is 5.91 Å². The second-order valence-corrected chi connectivity index (χ2v) is 6.46. The minimum Gasteiger partial charge on any atom is -0.488 e. The van der Waals surface area contributed by atoms with Gasteiger partial charge in [-0.05, 0) is 36.8 Å². The molecular weight excluding hydrogens is 330 g/mol. The summed E-state index contributed by atoms with van der Waals surface area (Å²) in [6, 6.07) is 14.5. The van der Waals surface area contributed by atoms with Crippen molar-refractivity contribution in [2.75, 3.05) is 19.6 Å². The van der Waals surface area contributed by atoms with Gasteiger partial charge in [0.2, 0.25) is 0 Å². The molecular formula is C20H23N3O3.